The summed E-state index contributed by atoms with van der Waals surface area (Å²) in [5.41, 5.74) is 21.8. The van der Waals surface area contributed by atoms with Crippen LogP contribution in [0.5, 0.6) is 0 Å². The van der Waals surface area contributed by atoms with Crippen molar-refractivity contribution in [3.8, 4) is 11.1 Å². The van der Waals surface area contributed by atoms with E-state index in [4.69, 9.17) is 32.8 Å². The Morgan fingerprint density at radius 2 is 1.17 bits per heavy atom. The van der Waals surface area contributed by atoms with Crippen molar-refractivity contribution >= 4 is 127 Å². The number of alkyl carbamates (subject to hydrolysis) is 1. The molecule has 4 aromatic rings. The quantitative estimate of drug-likeness (QED) is 0.0141. The van der Waals surface area contributed by atoms with Crippen molar-refractivity contribution in [1.29, 1.82) is 10.8 Å². The zero-order valence-electron chi connectivity index (χ0n) is 58.8. The van der Waals surface area contributed by atoms with Crippen LogP contribution in [0.4, 0.5) is 4.79 Å². The van der Waals surface area contributed by atoms with Gasteiger partial charge in [0.05, 0.1) is 13.0 Å². The van der Waals surface area contributed by atoms with Crippen molar-refractivity contribution in [2.45, 2.75) is 144 Å². The van der Waals surface area contributed by atoms with E-state index in [9.17, 15) is 77.3 Å². The number of benzene rings is 3. The molecule has 8 rings (SSSR count). The molecular formula is C69H90N20O17S2. The number of amides is 13. The van der Waals surface area contributed by atoms with Gasteiger partial charge in [0.2, 0.25) is 70.9 Å². The normalized spacial score (nSPS) is 24.3. The number of aliphatic hydroxyl groups excluding tert-OH is 1. The van der Waals surface area contributed by atoms with Crippen LogP contribution in [0.2, 0.25) is 0 Å². The number of aliphatic hydroxyl groups is 1. The van der Waals surface area contributed by atoms with Gasteiger partial charge in [0.25, 0.3) is 0 Å². The van der Waals surface area contributed by atoms with Gasteiger partial charge in [-0.05, 0) is 92.2 Å². The molecule has 11 atom stereocenters. The van der Waals surface area contributed by atoms with Crippen molar-refractivity contribution in [3.05, 3.63) is 108 Å². The number of rotatable bonds is 19. The zero-order chi connectivity index (χ0) is 78.1. The molecule has 3 aromatic carbocycles. The molecule has 1 saturated heterocycles. The summed E-state index contributed by atoms with van der Waals surface area (Å²) < 4.78 is 5.63. The number of carbonyl (C=O) groups excluding carboxylic acids is 13. The van der Waals surface area contributed by atoms with E-state index in [-0.39, 0.29) is 82.9 Å². The number of carbonyl (C=O) groups is 14. The Bertz CT molecular complexity index is 4020. The third kappa shape index (κ3) is 23.3. The summed E-state index contributed by atoms with van der Waals surface area (Å²) in [7, 11) is 1.62. The summed E-state index contributed by atoms with van der Waals surface area (Å²) >= 11 is 0. The Balaban J connectivity index is 1.18. The summed E-state index contributed by atoms with van der Waals surface area (Å²) in [6, 6.07) is 3.87. The number of H-pyrrole nitrogens is 1. The Morgan fingerprint density at radius 1 is 0.611 bits per heavy atom. The maximum Gasteiger partial charge on any atom is 0.407 e. The van der Waals surface area contributed by atoms with Gasteiger partial charge >= 0.3 is 12.1 Å². The van der Waals surface area contributed by atoms with Gasteiger partial charge in [-0.3, -0.25) is 73.1 Å². The minimum absolute atomic E-state index is 0.0195. The van der Waals surface area contributed by atoms with Crippen LogP contribution in [0, 0.1) is 10.8 Å². The lowest BCUT2D eigenvalue weighted by molar-refractivity contribution is -0.146. The number of hydrogen-bond acceptors (Lipinski definition) is 20. The summed E-state index contributed by atoms with van der Waals surface area (Å²) in [5.74, 6) is -16.4. The molecule has 108 heavy (non-hydrogen) atoms. The second kappa shape index (κ2) is 39.8. The number of carboxylic acid groups (broad SMARTS) is 1. The largest absolute Gasteiger partial charge is 0.481 e. The Hall–Kier alpha value is -11.5. The third-order valence-electron chi connectivity index (χ3n) is 18.1. The summed E-state index contributed by atoms with van der Waals surface area (Å²) in [6.45, 7) is -1.06. The van der Waals surface area contributed by atoms with Crippen LogP contribution < -0.4 is 86.3 Å². The SMILES string of the molecule is C[C@@H]1NC(=O)[C@@H]2C/C=C/C[C@H](NC(=O)CNC(=O)OCC3c4ccccc4-c4ccccc43)C(=O)N[C@@H](CSSC[C@@H](C(N)=O)NC(=O)[C@H](CCCNC(=N)N)NC(=O)[C@H](Cc3c[nH]c4ccccc34)NC1=O)C(=O)N[C@@H](CO)C(=O)N[C@@H](CC(=O)O)C(=O)N1CCC[C@H]1C(=O)N[C@@H](CCCNC(=N)N)C(=O)N2. The average molecular weight is 1540 g/mol. The van der Waals surface area contributed by atoms with Crippen LogP contribution >= 0.6 is 21.6 Å². The molecule has 3 aliphatic heterocycles. The van der Waals surface area contributed by atoms with Crippen molar-refractivity contribution in [1.82, 2.24) is 79.0 Å². The number of carboxylic acids is 1. The third-order valence-corrected chi connectivity index (χ3v) is 20.6. The number of guanidine groups is 2. The molecule has 580 valence electrons. The van der Waals surface area contributed by atoms with Gasteiger partial charge in [-0.2, -0.15) is 0 Å². The van der Waals surface area contributed by atoms with Crippen LogP contribution in [-0.4, -0.2) is 232 Å². The molecule has 0 radical (unpaired) electrons. The minimum atomic E-state index is -2.01. The molecule has 0 spiro atoms. The molecule has 13 amide bonds. The second-order valence-corrected chi connectivity index (χ2v) is 28.5. The molecule has 1 fully saturated rings. The highest BCUT2D eigenvalue weighted by atomic mass is 33.1. The predicted octanol–water partition coefficient (Wildman–Crippen LogP) is -3.67. The molecule has 37 nitrogen and oxygen atoms in total. The first kappa shape index (κ1) is 82.2. The topological polar surface area (TPSA) is 590 Å². The minimum Gasteiger partial charge on any atom is -0.481 e. The molecule has 39 heteroatoms. The highest BCUT2D eigenvalue weighted by Gasteiger charge is 2.42. The first-order valence-electron chi connectivity index (χ1n) is 34.8. The fourth-order valence-corrected chi connectivity index (χ4v) is 14.9. The number of primary amides is 1. The maximum atomic E-state index is 14.9. The summed E-state index contributed by atoms with van der Waals surface area (Å²) in [6.07, 6.45) is 0.679. The van der Waals surface area contributed by atoms with E-state index >= 15 is 0 Å². The maximum absolute atomic E-state index is 14.9. The van der Waals surface area contributed by atoms with Gasteiger partial charge in [-0.25, -0.2) is 4.79 Å². The summed E-state index contributed by atoms with van der Waals surface area (Å²) in [4.78, 5) is 204. The van der Waals surface area contributed by atoms with Crippen LogP contribution in [0.3, 0.4) is 0 Å². The molecule has 1 aromatic heterocycles. The molecule has 0 unspecified atom stereocenters. The second-order valence-electron chi connectivity index (χ2n) is 25.9. The van der Waals surface area contributed by atoms with E-state index in [2.05, 4.69) is 74.1 Å². The zero-order valence-corrected chi connectivity index (χ0v) is 60.5. The van der Waals surface area contributed by atoms with Crippen molar-refractivity contribution < 1.29 is 82.1 Å². The fourth-order valence-electron chi connectivity index (χ4n) is 12.6. The Morgan fingerprint density at radius 3 is 1.81 bits per heavy atom. The van der Waals surface area contributed by atoms with Crippen LogP contribution in [0.25, 0.3) is 22.0 Å². The van der Waals surface area contributed by atoms with Crippen molar-refractivity contribution in [2.75, 3.05) is 50.9 Å². The number of para-hydroxylation sites is 1. The number of nitrogens with one attached hydrogen (secondary N) is 16. The van der Waals surface area contributed by atoms with E-state index in [1.54, 1.807) is 30.5 Å². The van der Waals surface area contributed by atoms with Crippen molar-refractivity contribution in [2.24, 2.45) is 17.2 Å². The van der Waals surface area contributed by atoms with Crippen molar-refractivity contribution in [3.63, 3.8) is 0 Å². The van der Waals surface area contributed by atoms with E-state index in [0.717, 1.165) is 48.7 Å². The summed E-state index contributed by atoms with van der Waals surface area (Å²) in [5, 5.41) is 69.6. The van der Waals surface area contributed by atoms with E-state index in [0.29, 0.717) is 16.5 Å². The molecule has 2 bridgehead atoms. The number of ether oxygens (including phenoxy) is 1. The molecule has 4 heterocycles. The fraction of sp³-hybridized carbons (Fsp3) is 0.449. The number of fused-ring (bicyclic) bond motifs is 12. The van der Waals surface area contributed by atoms with Crippen LogP contribution in [0.1, 0.15) is 87.3 Å². The number of aliphatic carboxylic acids is 1. The highest BCUT2D eigenvalue weighted by Crippen LogP contribution is 2.44. The number of aromatic amines is 1. The molecule has 1 aliphatic carbocycles. The van der Waals surface area contributed by atoms with Gasteiger partial charge in [-0.1, -0.05) is 100 Å². The molecular weight excluding hydrogens is 1450 g/mol. The van der Waals surface area contributed by atoms with Gasteiger partial charge in [-0.15, -0.1) is 0 Å². The average Bonchev–Trinajstić information content (AvgIpc) is 1.62. The number of aromatic nitrogens is 1. The van der Waals surface area contributed by atoms with Gasteiger partial charge in [0.15, 0.2) is 11.9 Å². The van der Waals surface area contributed by atoms with E-state index < -0.39 is 199 Å². The predicted molar refractivity (Wildman–Crippen MR) is 395 cm³/mol. The lowest BCUT2D eigenvalue weighted by atomic mass is 9.98. The number of nitrogens with two attached hydrogens (primary N) is 3. The molecule has 24 N–H and O–H groups in total. The highest BCUT2D eigenvalue weighted by molar-refractivity contribution is 8.76. The molecule has 4 aliphatic rings. The lowest BCUT2D eigenvalue weighted by Crippen LogP contribution is -2.61. The number of nitrogens with zero attached hydrogens (tertiary/aromatic N) is 1. The van der Waals surface area contributed by atoms with E-state index in [1.165, 1.54) is 19.1 Å². The first-order chi connectivity index (χ1) is 51.7. The number of hydrogen-bond donors (Lipinski definition) is 21. The molecule has 0 saturated carbocycles. The first-order valence-corrected chi connectivity index (χ1v) is 37.3. The Labute approximate surface area is 627 Å². The smallest absolute Gasteiger partial charge is 0.407 e. The van der Waals surface area contributed by atoms with Gasteiger partial charge < -0.3 is 111 Å². The van der Waals surface area contributed by atoms with Gasteiger partial charge in [0.1, 0.15) is 79.6 Å². The van der Waals surface area contributed by atoms with Gasteiger partial charge in [0, 0.05) is 60.6 Å². The Kier molecular flexibility index (Phi) is 30.2. The van der Waals surface area contributed by atoms with Crippen LogP contribution in [-0.2, 0) is 73.5 Å². The lowest BCUT2D eigenvalue weighted by Gasteiger charge is -2.30. The standard InChI is InChI=1S/C69H90N20O17S2/c1-35-57(95)84-48(27-36-29-77-43-18-7-6-13-37(36)43)62(100)82-46(21-10-24-75-67(71)72)61(99)87-51(56(70)94)33-107-108-34-52-64(102)86-50(31-90)63(101)85-49(28-55(92)93)66(104)89-26-12-23-53(89)65(103)83-47(22-11-25-76-68(73)74)60(98)81-45(58(96)79-35)20-9-8-19-44(59(97)88-52)80-54(91)30-78-69(105)106-32-42-40-16-4-2-14-38(40)39-15-3-5-17-41(39)42/h2-9,13-18,29,35,42,44-53,77,90H,10-12,19-28,30-34H2,1H3,(H2,70,94)(H,78,105)(H,79,96)(H,80,91)(H,81,98)(H,82,100)(H,83,103)(H,84,95)(H,85,101)(H,86,102)(H,87,99)(H,88,97)(H,92,93)(H4,71,72,75)(H4,73,74,76)/b9-8+/t35-,44-,45-,46-,47-,48-,49-,50-,51-,52-,53-/m0/s1. The van der Waals surface area contributed by atoms with Crippen LogP contribution in [0.15, 0.2) is 91.1 Å². The van der Waals surface area contributed by atoms with E-state index in [1.807, 2.05) is 48.5 Å². The monoisotopic (exact) mass is 1530 g/mol.